The van der Waals surface area contributed by atoms with E-state index >= 15 is 0 Å². The first kappa shape index (κ1) is 16.1. The molecule has 0 N–H and O–H groups in total. The van der Waals surface area contributed by atoms with Gasteiger partial charge in [-0.25, -0.2) is 0 Å². The standard InChI is InChI=1S/C20H15NSSe2/c1-3-8-15(9-4-1)19-21-18(14-16-10-7-13-22-16)20(24-19)23-17-11-5-2-6-12-17/h1-13H,14H2. The van der Waals surface area contributed by atoms with E-state index in [2.05, 4.69) is 78.2 Å². The van der Waals surface area contributed by atoms with Gasteiger partial charge in [0, 0.05) is 0 Å². The van der Waals surface area contributed by atoms with Crippen LogP contribution in [0.25, 0.3) is 10.1 Å². The van der Waals surface area contributed by atoms with Crippen molar-refractivity contribution in [2.75, 3.05) is 0 Å². The molecule has 0 aliphatic carbocycles. The molecule has 0 spiro atoms. The van der Waals surface area contributed by atoms with Crippen LogP contribution in [0, 0.1) is 0 Å². The van der Waals surface area contributed by atoms with Crippen molar-refractivity contribution in [2.24, 2.45) is 0 Å². The van der Waals surface area contributed by atoms with Gasteiger partial charge in [-0.05, 0) is 0 Å². The summed E-state index contributed by atoms with van der Waals surface area (Å²) in [5, 5.41) is 2.15. The first-order chi connectivity index (χ1) is 11.9. The average Bonchev–Trinajstić information content (AvgIpc) is 3.28. The second kappa shape index (κ2) is 7.65. The quantitative estimate of drug-likeness (QED) is 0.418. The van der Waals surface area contributed by atoms with Gasteiger partial charge in [0.2, 0.25) is 0 Å². The third-order valence-electron chi connectivity index (χ3n) is 3.56. The van der Waals surface area contributed by atoms with Gasteiger partial charge in [-0.1, -0.05) is 0 Å². The molecule has 2 aromatic carbocycles. The molecule has 4 aromatic rings. The molecular weight excluding hydrogens is 444 g/mol. The summed E-state index contributed by atoms with van der Waals surface area (Å²) in [6.07, 6.45) is 0.972. The van der Waals surface area contributed by atoms with Crippen LogP contribution in [-0.2, 0) is 6.42 Å². The molecule has 4 rings (SSSR count). The zero-order valence-corrected chi connectivity index (χ0v) is 17.1. The molecule has 0 aliphatic heterocycles. The van der Waals surface area contributed by atoms with Crippen molar-refractivity contribution < 1.29 is 0 Å². The van der Waals surface area contributed by atoms with Crippen LogP contribution in [0.2, 0.25) is 0 Å². The molecule has 0 saturated carbocycles. The SMILES string of the molecule is c1ccc([Se]c2[se]c(-c3ccccc3)nc2Cc2cccs2)cc1. The molecule has 2 heterocycles. The van der Waals surface area contributed by atoms with Crippen LogP contribution < -0.4 is 7.80 Å². The Morgan fingerprint density at radius 3 is 2.33 bits per heavy atom. The number of hydrogen-bond acceptors (Lipinski definition) is 2. The summed E-state index contributed by atoms with van der Waals surface area (Å²) >= 11 is 2.53. The fraction of sp³-hybridized carbons (Fsp3) is 0.0500. The fourth-order valence-corrected chi connectivity index (χ4v) is 8.85. The zero-order valence-electron chi connectivity index (χ0n) is 12.9. The van der Waals surface area contributed by atoms with Crippen LogP contribution in [-0.4, -0.2) is 34.4 Å². The summed E-state index contributed by atoms with van der Waals surface area (Å²) in [4.78, 5) is 6.46. The van der Waals surface area contributed by atoms with Crippen molar-refractivity contribution >= 4 is 48.6 Å². The van der Waals surface area contributed by atoms with Crippen molar-refractivity contribution in [1.29, 1.82) is 0 Å². The average molecular weight is 459 g/mol. The van der Waals surface area contributed by atoms with Gasteiger partial charge in [-0.15, -0.1) is 0 Å². The number of benzene rings is 2. The molecule has 0 radical (unpaired) electrons. The minimum absolute atomic E-state index is 0.337. The Morgan fingerprint density at radius 1 is 0.875 bits per heavy atom. The van der Waals surface area contributed by atoms with E-state index in [0.717, 1.165) is 6.42 Å². The summed E-state index contributed by atoms with van der Waals surface area (Å²) in [6.45, 7) is 0. The van der Waals surface area contributed by atoms with Crippen molar-refractivity contribution in [2.45, 2.75) is 6.42 Å². The Labute approximate surface area is 158 Å². The molecule has 2 aromatic heterocycles. The summed E-state index contributed by atoms with van der Waals surface area (Å²) in [6, 6.07) is 25.8. The minimum atomic E-state index is 0.337. The molecular formula is C20H15NSSe2. The second-order valence-corrected chi connectivity index (χ2v) is 12.0. The maximum absolute atomic E-state index is 5.06. The van der Waals surface area contributed by atoms with Gasteiger partial charge >= 0.3 is 159 Å². The molecule has 24 heavy (non-hydrogen) atoms. The first-order valence-electron chi connectivity index (χ1n) is 7.69. The molecule has 0 atom stereocenters. The van der Waals surface area contributed by atoms with Gasteiger partial charge in [0.05, 0.1) is 0 Å². The van der Waals surface area contributed by atoms with Gasteiger partial charge in [0.25, 0.3) is 0 Å². The predicted molar refractivity (Wildman–Crippen MR) is 105 cm³/mol. The summed E-state index contributed by atoms with van der Waals surface area (Å²) in [5.74, 6) is 0. The number of nitrogens with zero attached hydrogens (tertiary/aromatic N) is 1. The van der Waals surface area contributed by atoms with E-state index in [-0.39, 0.29) is 0 Å². The third-order valence-corrected chi connectivity index (χ3v) is 10.2. The molecule has 0 aliphatic rings. The monoisotopic (exact) mass is 461 g/mol. The number of rotatable bonds is 5. The number of thiophene rings is 1. The van der Waals surface area contributed by atoms with Crippen molar-refractivity contribution in [1.82, 2.24) is 4.98 Å². The zero-order chi connectivity index (χ0) is 16.2. The Kier molecular flexibility index (Phi) is 5.12. The molecule has 118 valence electrons. The van der Waals surface area contributed by atoms with Crippen LogP contribution in [0.15, 0.2) is 78.2 Å². The van der Waals surface area contributed by atoms with Gasteiger partial charge in [-0.3, -0.25) is 0 Å². The van der Waals surface area contributed by atoms with Gasteiger partial charge in [0.15, 0.2) is 0 Å². The Balaban J connectivity index is 1.70. The molecule has 0 bridgehead atoms. The Bertz CT molecular complexity index is 899. The number of hydrogen-bond donors (Lipinski definition) is 0. The van der Waals surface area contributed by atoms with Crippen LogP contribution >= 0.6 is 11.3 Å². The van der Waals surface area contributed by atoms with Crippen molar-refractivity contribution in [3.63, 3.8) is 0 Å². The van der Waals surface area contributed by atoms with Crippen LogP contribution in [0.1, 0.15) is 10.6 Å². The molecule has 0 fully saturated rings. The summed E-state index contributed by atoms with van der Waals surface area (Å²) in [5.41, 5.74) is 2.58. The van der Waals surface area contributed by atoms with E-state index in [1.165, 1.54) is 25.2 Å². The van der Waals surface area contributed by atoms with E-state index < -0.39 is 0 Å². The van der Waals surface area contributed by atoms with Gasteiger partial charge in [0.1, 0.15) is 0 Å². The normalized spacial score (nSPS) is 10.8. The second-order valence-electron chi connectivity index (χ2n) is 5.29. The van der Waals surface area contributed by atoms with E-state index in [4.69, 9.17) is 4.98 Å². The fourth-order valence-electron chi connectivity index (χ4n) is 2.41. The maximum atomic E-state index is 5.06. The summed E-state index contributed by atoms with van der Waals surface area (Å²) in [7, 11) is 0. The first-order valence-corrected chi connectivity index (χ1v) is 12.0. The Hall–Kier alpha value is -1.41. The van der Waals surface area contributed by atoms with E-state index in [1.807, 2.05) is 11.3 Å². The van der Waals surface area contributed by atoms with E-state index in [9.17, 15) is 0 Å². The van der Waals surface area contributed by atoms with Gasteiger partial charge in [-0.2, -0.15) is 0 Å². The predicted octanol–water partition coefficient (Wildman–Crippen LogP) is 3.11. The van der Waals surface area contributed by atoms with Crippen molar-refractivity contribution in [3.8, 4) is 10.1 Å². The molecule has 0 saturated heterocycles. The van der Waals surface area contributed by atoms with Crippen LogP contribution in [0.5, 0.6) is 0 Å². The van der Waals surface area contributed by atoms with E-state index in [0.29, 0.717) is 29.5 Å². The Morgan fingerprint density at radius 2 is 1.62 bits per heavy atom. The van der Waals surface area contributed by atoms with E-state index in [1.54, 1.807) is 3.34 Å². The van der Waals surface area contributed by atoms with Crippen molar-refractivity contribution in [3.05, 3.63) is 88.7 Å². The van der Waals surface area contributed by atoms with Crippen LogP contribution in [0.3, 0.4) is 0 Å². The molecule has 0 amide bonds. The molecule has 1 nitrogen and oxygen atoms in total. The summed E-state index contributed by atoms with van der Waals surface area (Å²) < 4.78 is 4.30. The molecule has 0 unspecified atom stereocenters. The topological polar surface area (TPSA) is 12.9 Å². The number of aromatic nitrogens is 1. The van der Waals surface area contributed by atoms with Crippen LogP contribution in [0.4, 0.5) is 0 Å². The van der Waals surface area contributed by atoms with Gasteiger partial charge < -0.3 is 0 Å². The third kappa shape index (κ3) is 3.80. The molecule has 4 heteroatoms.